The van der Waals surface area contributed by atoms with E-state index in [0.29, 0.717) is 12.3 Å². The Hall–Kier alpha value is -1.83. The molecule has 0 saturated heterocycles. The highest BCUT2D eigenvalue weighted by atomic mass is 16.1. The third-order valence-corrected chi connectivity index (χ3v) is 3.41. The molecular weight excluding hydrogens is 246 g/mol. The molecule has 1 amide bonds. The van der Waals surface area contributed by atoms with E-state index in [1.165, 1.54) is 16.3 Å². The Balaban J connectivity index is 2.06. The number of nitrogens with one attached hydrogen (secondary N) is 1. The lowest BCUT2D eigenvalue weighted by Gasteiger charge is -2.16. The van der Waals surface area contributed by atoms with Crippen molar-refractivity contribution in [1.82, 2.24) is 5.32 Å². The smallest absolute Gasteiger partial charge is 0.220 e. The van der Waals surface area contributed by atoms with Crippen LogP contribution < -0.4 is 5.32 Å². The quantitative estimate of drug-likeness (QED) is 0.875. The van der Waals surface area contributed by atoms with Gasteiger partial charge in [-0.25, -0.2) is 0 Å². The van der Waals surface area contributed by atoms with Gasteiger partial charge in [-0.05, 0) is 35.6 Å². The average molecular weight is 269 g/mol. The van der Waals surface area contributed by atoms with Crippen LogP contribution in [0.3, 0.4) is 0 Å². The van der Waals surface area contributed by atoms with Crippen molar-refractivity contribution >= 4 is 16.7 Å². The molecule has 2 rings (SSSR count). The monoisotopic (exact) mass is 269 g/mol. The van der Waals surface area contributed by atoms with Gasteiger partial charge in [-0.1, -0.05) is 56.3 Å². The standard InChI is InChI=1S/C18H23NO/c1-13(2)11-18(20)19-14(3)12-16-9-6-8-15-7-4-5-10-17(15)16/h4-10,13-14H,11-12H2,1-3H3,(H,19,20)/t14-/m1/s1. The van der Waals surface area contributed by atoms with Crippen LogP contribution in [-0.4, -0.2) is 11.9 Å². The van der Waals surface area contributed by atoms with Gasteiger partial charge >= 0.3 is 0 Å². The zero-order chi connectivity index (χ0) is 14.5. The molecule has 2 heteroatoms. The fraction of sp³-hybridized carbons (Fsp3) is 0.389. The van der Waals surface area contributed by atoms with Crippen molar-refractivity contribution in [2.45, 2.75) is 39.7 Å². The van der Waals surface area contributed by atoms with Crippen molar-refractivity contribution in [3.63, 3.8) is 0 Å². The average Bonchev–Trinajstić information content (AvgIpc) is 2.38. The van der Waals surface area contributed by atoms with Crippen molar-refractivity contribution in [1.29, 1.82) is 0 Å². The minimum atomic E-state index is 0.146. The van der Waals surface area contributed by atoms with Gasteiger partial charge in [0, 0.05) is 12.5 Å². The molecule has 0 heterocycles. The van der Waals surface area contributed by atoms with Gasteiger partial charge in [0.2, 0.25) is 5.91 Å². The van der Waals surface area contributed by atoms with Gasteiger partial charge in [0.1, 0.15) is 0 Å². The Bertz CT molecular complexity index is 583. The number of carbonyl (C=O) groups excluding carboxylic acids is 1. The lowest BCUT2D eigenvalue weighted by molar-refractivity contribution is -0.122. The van der Waals surface area contributed by atoms with Gasteiger partial charge in [0.15, 0.2) is 0 Å². The molecule has 2 aromatic rings. The zero-order valence-electron chi connectivity index (χ0n) is 12.5. The summed E-state index contributed by atoms with van der Waals surface area (Å²) in [6.07, 6.45) is 1.46. The van der Waals surface area contributed by atoms with Crippen molar-refractivity contribution in [3.05, 3.63) is 48.0 Å². The second kappa shape index (κ2) is 6.56. The normalized spacial score (nSPS) is 12.6. The maximum atomic E-state index is 11.8. The minimum Gasteiger partial charge on any atom is -0.353 e. The second-order valence-corrected chi connectivity index (χ2v) is 5.91. The van der Waals surface area contributed by atoms with Gasteiger partial charge in [0.05, 0.1) is 0 Å². The van der Waals surface area contributed by atoms with Crippen LogP contribution in [0.25, 0.3) is 10.8 Å². The van der Waals surface area contributed by atoms with Gasteiger partial charge < -0.3 is 5.32 Å². The Morgan fingerprint density at radius 2 is 1.75 bits per heavy atom. The molecule has 0 radical (unpaired) electrons. The van der Waals surface area contributed by atoms with Gasteiger partial charge in [0.25, 0.3) is 0 Å². The molecule has 0 saturated carbocycles. The van der Waals surface area contributed by atoms with Crippen LogP contribution in [0, 0.1) is 5.92 Å². The minimum absolute atomic E-state index is 0.146. The largest absolute Gasteiger partial charge is 0.353 e. The molecule has 2 aromatic carbocycles. The topological polar surface area (TPSA) is 29.1 Å². The Morgan fingerprint density at radius 1 is 1.05 bits per heavy atom. The van der Waals surface area contributed by atoms with Crippen molar-refractivity contribution in [2.75, 3.05) is 0 Å². The van der Waals surface area contributed by atoms with Crippen molar-refractivity contribution in [2.24, 2.45) is 5.92 Å². The predicted octanol–water partition coefficient (Wildman–Crippen LogP) is 3.93. The van der Waals surface area contributed by atoms with Gasteiger partial charge in [-0.3, -0.25) is 4.79 Å². The third kappa shape index (κ3) is 3.83. The number of hydrogen-bond acceptors (Lipinski definition) is 1. The van der Waals surface area contributed by atoms with Gasteiger partial charge in [-0.2, -0.15) is 0 Å². The maximum Gasteiger partial charge on any atom is 0.220 e. The van der Waals surface area contributed by atoms with Crippen LogP contribution in [0.15, 0.2) is 42.5 Å². The molecule has 0 spiro atoms. The highest BCUT2D eigenvalue weighted by molar-refractivity contribution is 5.85. The van der Waals surface area contributed by atoms with E-state index >= 15 is 0 Å². The first-order valence-corrected chi connectivity index (χ1v) is 7.32. The number of rotatable bonds is 5. The van der Waals surface area contributed by atoms with Crippen LogP contribution in [0.5, 0.6) is 0 Å². The third-order valence-electron chi connectivity index (χ3n) is 3.41. The molecule has 0 aliphatic rings. The number of fused-ring (bicyclic) bond motifs is 1. The summed E-state index contributed by atoms with van der Waals surface area (Å²) in [7, 11) is 0. The summed E-state index contributed by atoms with van der Waals surface area (Å²) in [5.41, 5.74) is 1.29. The molecule has 1 N–H and O–H groups in total. The lowest BCUT2D eigenvalue weighted by atomic mass is 9.99. The van der Waals surface area contributed by atoms with E-state index in [1.807, 2.05) is 0 Å². The Labute approximate surface area is 121 Å². The highest BCUT2D eigenvalue weighted by Crippen LogP contribution is 2.19. The molecule has 0 bridgehead atoms. The summed E-state index contributed by atoms with van der Waals surface area (Å²) >= 11 is 0. The summed E-state index contributed by atoms with van der Waals surface area (Å²) < 4.78 is 0. The lowest BCUT2D eigenvalue weighted by Crippen LogP contribution is -2.34. The zero-order valence-corrected chi connectivity index (χ0v) is 12.5. The van der Waals surface area contributed by atoms with Crippen LogP contribution >= 0.6 is 0 Å². The molecule has 2 nitrogen and oxygen atoms in total. The summed E-state index contributed by atoms with van der Waals surface area (Å²) in [4.78, 5) is 11.8. The molecule has 0 unspecified atom stereocenters. The molecule has 0 aliphatic carbocycles. The van der Waals surface area contributed by atoms with Crippen LogP contribution in [0.4, 0.5) is 0 Å². The molecule has 0 fully saturated rings. The van der Waals surface area contributed by atoms with Gasteiger partial charge in [-0.15, -0.1) is 0 Å². The Morgan fingerprint density at radius 3 is 2.50 bits per heavy atom. The molecule has 106 valence electrons. The van der Waals surface area contributed by atoms with E-state index in [0.717, 1.165) is 6.42 Å². The predicted molar refractivity (Wildman–Crippen MR) is 84.7 cm³/mol. The first-order valence-electron chi connectivity index (χ1n) is 7.32. The van der Waals surface area contributed by atoms with Crippen LogP contribution in [0.1, 0.15) is 32.8 Å². The van der Waals surface area contributed by atoms with E-state index in [2.05, 4.69) is 68.6 Å². The van der Waals surface area contributed by atoms with Crippen LogP contribution in [0.2, 0.25) is 0 Å². The SMILES string of the molecule is CC(C)CC(=O)N[C@H](C)Cc1cccc2ccccc12. The number of benzene rings is 2. The maximum absolute atomic E-state index is 11.8. The molecule has 1 atom stereocenters. The van der Waals surface area contributed by atoms with Crippen molar-refractivity contribution < 1.29 is 4.79 Å². The number of amides is 1. The number of carbonyl (C=O) groups is 1. The fourth-order valence-corrected chi connectivity index (χ4v) is 2.56. The van der Waals surface area contributed by atoms with E-state index in [4.69, 9.17) is 0 Å². The summed E-state index contributed by atoms with van der Waals surface area (Å²) in [6.45, 7) is 6.20. The fourth-order valence-electron chi connectivity index (χ4n) is 2.56. The highest BCUT2D eigenvalue weighted by Gasteiger charge is 2.11. The second-order valence-electron chi connectivity index (χ2n) is 5.91. The van der Waals surface area contributed by atoms with E-state index in [1.54, 1.807) is 0 Å². The van der Waals surface area contributed by atoms with Crippen molar-refractivity contribution in [3.8, 4) is 0 Å². The van der Waals surface area contributed by atoms with E-state index in [9.17, 15) is 4.79 Å². The first kappa shape index (κ1) is 14.6. The summed E-state index contributed by atoms with van der Waals surface area (Å²) in [5, 5.41) is 5.62. The number of hydrogen-bond donors (Lipinski definition) is 1. The van der Waals surface area contributed by atoms with E-state index in [-0.39, 0.29) is 11.9 Å². The molecular formula is C18H23NO. The summed E-state index contributed by atoms with van der Waals surface area (Å²) in [5.74, 6) is 0.549. The molecule has 0 aliphatic heterocycles. The molecule has 20 heavy (non-hydrogen) atoms. The summed E-state index contributed by atoms with van der Waals surface area (Å²) in [6, 6.07) is 14.9. The molecule has 0 aromatic heterocycles. The van der Waals surface area contributed by atoms with Crippen LogP contribution in [-0.2, 0) is 11.2 Å². The van der Waals surface area contributed by atoms with E-state index < -0.39 is 0 Å². The first-order chi connectivity index (χ1) is 9.56. The Kier molecular flexibility index (Phi) is 4.78.